The van der Waals surface area contributed by atoms with Crippen LogP contribution in [0.15, 0.2) is 12.3 Å². The maximum atomic E-state index is 11.8. The summed E-state index contributed by atoms with van der Waals surface area (Å²) >= 11 is 0. The van der Waals surface area contributed by atoms with Gasteiger partial charge in [-0.1, -0.05) is 26.8 Å². The van der Waals surface area contributed by atoms with Crippen molar-refractivity contribution in [1.82, 2.24) is 4.90 Å². The Bertz CT molecular complexity index is 311. The van der Waals surface area contributed by atoms with Gasteiger partial charge in [0.25, 0.3) is 0 Å². The molecule has 0 aliphatic carbocycles. The topological polar surface area (TPSA) is 57.6 Å². The molecule has 0 aromatic rings. The molecule has 0 bridgehead atoms. The Morgan fingerprint density at radius 1 is 1.62 bits per heavy atom. The zero-order valence-electron chi connectivity index (χ0n) is 9.90. The summed E-state index contributed by atoms with van der Waals surface area (Å²) in [6.07, 6.45) is 2.71. The monoisotopic (exact) mass is 225 g/mol. The van der Waals surface area contributed by atoms with Gasteiger partial charge >= 0.3 is 5.97 Å². The van der Waals surface area contributed by atoms with Gasteiger partial charge in [-0.15, -0.1) is 0 Å². The van der Waals surface area contributed by atoms with E-state index in [1.807, 2.05) is 0 Å². The molecule has 1 amide bonds. The predicted octanol–water partition coefficient (Wildman–Crippen LogP) is 2.01. The van der Waals surface area contributed by atoms with E-state index in [9.17, 15) is 9.59 Å². The molecule has 1 heterocycles. The number of amides is 1. The zero-order chi connectivity index (χ0) is 12.3. The van der Waals surface area contributed by atoms with E-state index in [-0.39, 0.29) is 11.8 Å². The van der Waals surface area contributed by atoms with Gasteiger partial charge < -0.3 is 10.0 Å². The molecule has 1 aliphatic rings. The Labute approximate surface area is 95.9 Å². The molecule has 0 aromatic carbocycles. The van der Waals surface area contributed by atoms with E-state index in [0.29, 0.717) is 18.5 Å². The average Bonchev–Trinajstić information content (AvgIpc) is 2.47. The largest absolute Gasteiger partial charge is 0.480 e. The van der Waals surface area contributed by atoms with Crippen molar-refractivity contribution in [3.05, 3.63) is 12.3 Å². The number of carbonyl (C=O) groups excluding carboxylic acids is 1. The summed E-state index contributed by atoms with van der Waals surface area (Å²) < 4.78 is 0. The van der Waals surface area contributed by atoms with Crippen molar-refractivity contribution in [1.29, 1.82) is 0 Å². The highest BCUT2D eigenvalue weighted by molar-refractivity contribution is 5.87. The van der Waals surface area contributed by atoms with E-state index in [0.717, 1.165) is 12.8 Å². The van der Waals surface area contributed by atoms with Crippen molar-refractivity contribution in [2.45, 2.75) is 45.6 Å². The van der Waals surface area contributed by atoms with E-state index >= 15 is 0 Å². The lowest BCUT2D eigenvalue weighted by Gasteiger charge is -2.25. The van der Waals surface area contributed by atoms with Gasteiger partial charge in [-0.2, -0.15) is 0 Å². The molecule has 1 fully saturated rings. The minimum atomic E-state index is -0.950. The molecule has 16 heavy (non-hydrogen) atoms. The van der Waals surface area contributed by atoms with Crippen molar-refractivity contribution in [2.24, 2.45) is 5.92 Å². The first-order valence-corrected chi connectivity index (χ1v) is 5.76. The zero-order valence-corrected chi connectivity index (χ0v) is 9.90. The van der Waals surface area contributed by atoms with Crippen LogP contribution in [-0.2, 0) is 9.59 Å². The van der Waals surface area contributed by atoms with Crippen LogP contribution in [0.5, 0.6) is 0 Å². The summed E-state index contributed by atoms with van der Waals surface area (Å²) in [5, 5.41) is 9.05. The number of hydrogen-bond donors (Lipinski definition) is 1. The summed E-state index contributed by atoms with van der Waals surface area (Å²) in [6, 6.07) is -0.748. The van der Waals surface area contributed by atoms with Gasteiger partial charge in [0.05, 0.1) is 0 Å². The molecule has 0 spiro atoms. The molecule has 0 saturated carbocycles. The normalized spacial score (nSPS) is 22.6. The van der Waals surface area contributed by atoms with Gasteiger partial charge in [0.2, 0.25) is 5.91 Å². The highest BCUT2D eigenvalue weighted by atomic mass is 16.4. The molecule has 4 nitrogen and oxygen atoms in total. The molecule has 4 heteroatoms. The lowest BCUT2D eigenvalue weighted by molar-refractivity contribution is -0.147. The van der Waals surface area contributed by atoms with Gasteiger partial charge in [0, 0.05) is 18.0 Å². The number of carboxylic acid groups (broad SMARTS) is 1. The Kier molecular flexibility index (Phi) is 4.10. The maximum Gasteiger partial charge on any atom is 0.326 e. The molecule has 2 atom stereocenters. The van der Waals surface area contributed by atoms with Gasteiger partial charge in [0.1, 0.15) is 6.04 Å². The molecule has 1 saturated heterocycles. The highest BCUT2D eigenvalue weighted by Crippen LogP contribution is 2.33. The van der Waals surface area contributed by atoms with E-state index in [2.05, 4.69) is 13.5 Å². The van der Waals surface area contributed by atoms with Crippen molar-refractivity contribution in [3.63, 3.8) is 0 Å². The minimum Gasteiger partial charge on any atom is -0.480 e. The smallest absolute Gasteiger partial charge is 0.326 e. The Hall–Kier alpha value is -1.32. The summed E-state index contributed by atoms with van der Waals surface area (Å²) in [7, 11) is 0. The van der Waals surface area contributed by atoms with Crippen LogP contribution in [0, 0.1) is 5.92 Å². The number of aliphatic carboxylic acids is 1. The fraction of sp³-hybridized carbons (Fsp3) is 0.667. The van der Waals surface area contributed by atoms with Crippen LogP contribution >= 0.6 is 0 Å². The second-order valence-corrected chi connectivity index (χ2v) is 4.21. The summed E-state index contributed by atoms with van der Waals surface area (Å²) in [5.41, 5.74) is 0.682. The van der Waals surface area contributed by atoms with E-state index in [1.54, 1.807) is 6.92 Å². The molecule has 1 N–H and O–H groups in total. The second kappa shape index (κ2) is 5.14. The molecule has 0 radical (unpaired) electrons. The van der Waals surface area contributed by atoms with Crippen LogP contribution in [0.4, 0.5) is 0 Å². The van der Waals surface area contributed by atoms with Crippen LogP contribution in [0.1, 0.15) is 39.5 Å². The third-order valence-corrected chi connectivity index (χ3v) is 3.09. The van der Waals surface area contributed by atoms with Crippen molar-refractivity contribution in [2.75, 3.05) is 0 Å². The van der Waals surface area contributed by atoms with Gasteiger partial charge in [-0.3, -0.25) is 4.79 Å². The molecule has 90 valence electrons. The quantitative estimate of drug-likeness (QED) is 0.778. The van der Waals surface area contributed by atoms with Crippen molar-refractivity contribution < 1.29 is 14.7 Å². The first-order chi connectivity index (χ1) is 7.52. The standard InChI is InChI=1S/C12H19NO3/c1-4-6-9-7-11(14)13(8(9)3)10(5-2)12(15)16/h9-10H,3-7H2,1-2H3,(H,15,16)/t9?,10-/m0/s1. The SMILES string of the molecule is C=C1C(CCC)CC(=O)N1[C@@H](CC)C(=O)O. The predicted molar refractivity (Wildman–Crippen MR) is 60.7 cm³/mol. The number of hydrogen-bond acceptors (Lipinski definition) is 2. The summed E-state index contributed by atoms with van der Waals surface area (Å²) in [4.78, 5) is 24.2. The number of nitrogens with zero attached hydrogens (tertiary/aromatic N) is 1. The van der Waals surface area contributed by atoms with Crippen molar-refractivity contribution >= 4 is 11.9 Å². The summed E-state index contributed by atoms with van der Waals surface area (Å²) in [5.74, 6) is -0.919. The maximum absolute atomic E-state index is 11.8. The van der Waals surface area contributed by atoms with Gasteiger partial charge in [0.15, 0.2) is 0 Å². The van der Waals surface area contributed by atoms with Crippen LogP contribution in [0.2, 0.25) is 0 Å². The molecular formula is C12H19NO3. The molecular weight excluding hydrogens is 206 g/mol. The number of allylic oxidation sites excluding steroid dienone is 1. The highest BCUT2D eigenvalue weighted by Gasteiger charge is 2.39. The van der Waals surface area contributed by atoms with Crippen LogP contribution < -0.4 is 0 Å². The van der Waals surface area contributed by atoms with Gasteiger partial charge in [-0.05, 0) is 12.8 Å². The third-order valence-electron chi connectivity index (χ3n) is 3.09. The van der Waals surface area contributed by atoms with Crippen LogP contribution in [0.25, 0.3) is 0 Å². The second-order valence-electron chi connectivity index (χ2n) is 4.21. The molecule has 1 rings (SSSR count). The average molecular weight is 225 g/mol. The van der Waals surface area contributed by atoms with Crippen molar-refractivity contribution in [3.8, 4) is 0 Å². The Balaban J connectivity index is 2.84. The number of carbonyl (C=O) groups is 2. The Morgan fingerprint density at radius 2 is 2.25 bits per heavy atom. The molecule has 1 unspecified atom stereocenters. The molecule has 0 aromatic heterocycles. The van der Waals surface area contributed by atoms with Crippen LogP contribution in [0.3, 0.4) is 0 Å². The Morgan fingerprint density at radius 3 is 2.69 bits per heavy atom. The first-order valence-electron chi connectivity index (χ1n) is 5.76. The lowest BCUT2D eigenvalue weighted by Crippen LogP contribution is -2.40. The number of carboxylic acids is 1. The fourth-order valence-corrected chi connectivity index (χ4v) is 2.24. The molecule has 1 aliphatic heterocycles. The third kappa shape index (κ3) is 2.26. The van der Waals surface area contributed by atoms with Gasteiger partial charge in [-0.25, -0.2) is 4.79 Å². The van der Waals surface area contributed by atoms with Crippen LogP contribution in [-0.4, -0.2) is 27.9 Å². The summed E-state index contributed by atoms with van der Waals surface area (Å²) in [6.45, 7) is 7.70. The lowest BCUT2D eigenvalue weighted by atomic mass is 10.0. The van der Waals surface area contributed by atoms with E-state index in [1.165, 1.54) is 4.90 Å². The fourth-order valence-electron chi connectivity index (χ4n) is 2.24. The van der Waals surface area contributed by atoms with E-state index in [4.69, 9.17) is 5.11 Å². The number of rotatable bonds is 5. The minimum absolute atomic E-state index is 0.0994. The first kappa shape index (κ1) is 12.7. The van der Waals surface area contributed by atoms with E-state index < -0.39 is 12.0 Å². The number of likely N-dealkylation sites (tertiary alicyclic amines) is 1.